The topological polar surface area (TPSA) is 50.9 Å². The van der Waals surface area contributed by atoms with E-state index in [4.69, 9.17) is 0 Å². The van der Waals surface area contributed by atoms with E-state index in [9.17, 15) is 5.11 Å². The van der Waals surface area contributed by atoms with Crippen molar-refractivity contribution < 1.29 is 5.11 Å². The standard InChI is InChI=1S/C14H12BN3OS/c15-9-5-7-10(8-6-9)18-13(16-17-14(18)20)11-3-1-2-4-12(11)19/h1-8,19H,15H2,(H,17,20). The van der Waals surface area contributed by atoms with Gasteiger partial charge in [0, 0.05) is 5.69 Å². The molecule has 0 bridgehead atoms. The number of phenolic OH excluding ortho intramolecular Hbond substituents is 1. The Hall–Kier alpha value is -2.21. The van der Waals surface area contributed by atoms with Crippen LogP contribution in [0.4, 0.5) is 0 Å². The Labute approximate surface area is 122 Å². The summed E-state index contributed by atoms with van der Waals surface area (Å²) in [6, 6.07) is 15.0. The van der Waals surface area contributed by atoms with Crippen molar-refractivity contribution in [1.29, 1.82) is 0 Å². The first-order chi connectivity index (χ1) is 9.66. The van der Waals surface area contributed by atoms with Crippen LogP contribution in [0.2, 0.25) is 0 Å². The predicted octanol–water partition coefficient (Wildman–Crippen LogP) is 1.19. The summed E-state index contributed by atoms with van der Waals surface area (Å²) in [4.78, 5) is 0. The van der Waals surface area contributed by atoms with Gasteiger partial charge in [-0.3, -0.25) is 4.57 Å². The highest BCUT2D eigenvalue weighted by Crippen LogP contribution is 2.30. The number of hydrogen-bond donors (Lipinski definition) is 2. The van der Waals surface area contributed by atoms with E-state index in [2.05, 4.69) is 22.8 Å². The SMILES string of the molecule is Bc1ccc(-n2c(S)nnc2-c2ccccc2O)cc1. The van der Waals surface area contributed by atoms with Crippen molar-refractivity contribution in [3.05, 3.63) is 48.5 Å². The maximum atomic E-state index is 9.98. The molecule has 0 atom stereocenters. The first-order valence-electron chi connectivity index (χ1n) is 6.16. The largest absolute Gasteiger partial charge is 0.507 e. The van der Waals surface area contributed by atoms with Gasteiger partial charge in [-0.25, -0.2) is 0 Å². The second kappa shape index (κ2) is 5.05. The van der Waals surface area contributed by atoms with Crippen LogP contribution in [-0.2, 0) is 0 Å². The zero-order valence-electron chi connectivity index (χ0n) is 10.9. The van der Waals surface area contributed by atoms with E-state index in [1.165, 1.54) is 5.46 Å². The van der Waals surface area contributed by atoms with Crippen molar-refractivity contribution in [2.45, 2.75) is 5.16 Å². The lowest BCUT2D eigenvalue weighted by Gasteiger charge is -2.09. The molecular formula is C14H12BN3OS. The first kappa shape index (κ1) is 12.8. The Bertz CT molecular complexity index is 755. The normalized spacial score (nSPS) is 10.7. The summed E-state index contributed by atoms with van der Waals surface area (Å²) in [5.74, 6) is 0.735. The van der Waals surface area contributed by atoms with Crippen LogP contribution in [0, 0.1) is 0 Å². The molecule has 0 aliphatic heterocycles. The number of aromatic nitrogens is 3. The van der Waals surface area contributed by atoms with Crippen molar-refractivity contribution in [2.75, 3.05) is 0 Å². The van der Waals surface area contributed by atoms with Crippen LogP contribution in [0.25, 0.3) is 17.1 Å². The van der Waals surface area contributed by atoms with Crippen LogP contribution in [-0.4, -0.2) is 27.7 Å². The molecule has 0 unspecified atom stereocenters. The van der Waals surface area contributed by atoms with Gasteiger partial charge in [0.1, 0.15) is 13.6 Å². The minimum Gasteiger partial charge on any atom is -0.507 e. The summed E-state index contributed by atoms with van der Waals surface area (Å²) in [6.45, 7) is 0. The molecule has 0 fully saturated rings. The molecule has 1 N–H and O–H groups in total. The third-order valence-corrected chi connectivity index (χ3v) is 3.37. The Morgan fingerprint density at radius 3 is 2.40 bits per heavy atom. The molecular weight excluding hydrogens is 269 g/mol. The maximum Gasteiger partial charge on any atom is 0.193 e. The highest BCUT2D eigenvalue weighted by molar-refractivity contribution is 7.80. The summed E-state index contributed by atoms with van der Waals surface area (Å²) in [5, 5.41) is 18.6. The average Bonchev–Trinajstić information content (AvgIpc) is 2.82. The number of benzene rings is 2. The van der Waals surface area contributed by atoms with Gasteiger partial charge < -0.3 is 5.11 Å². The molecule has 3 aromatic rings. The molecule has 2 aromatic carbocycles. The molecule has 1 aromatic heterocycles. The second-order valence-electron chi connectivity index (χ2n) is 4.51. The van der Waals surface area contributed by atoms with Crippen molar-refractivity contribution >= 4 is 25.9 Å². The minimum absolute atomic E-state index is 0.168. The molecule has 0 amide bonds. The van der Waals surface area contributed by atoms with Gasteiger partial charge in [-0.05, 0) is 24.3 Å². The van der Waals surface area contributed by atoms with Gasteiger partial charge in [-0.1, -0.05) is 29.7 Å². The highest BCUT2D eigenvalue weighted by Gasteiger charge is 2.15. The molecule has 3 rings (SSSR count). The zero-order chi connectivity index (χ0) is 14.1. The number of para-hydroxylation sites is 1. The van der Waals surface area contributed by atoms with Crippen LogP contribution in [0.15, 0.2) is 53.7 Å². The average molecular weight is 281 g/mol. The fourth-order valence-corrected chi connectivity index (χ4v) is 2.30. The molecule has 0 aliphatic carbocycles. The molecule has 20 heavy (non-hydrogen) atoms. The quantitative estimate of drug-likeness (QED) is 0.548. The van der Waals surface area contributed by atoms with E-state index in [-0.39, 0.29) is 5.75 Å². The van der Waals surface area contributed by atoms with Crippen LogP contribution in [0.1, 0.15) is 0 Å². The molecule has 0 radical (unpaired) electrons. The van der Waals surface area contributed by atoms with Crippen molar-refractivity contribution in [3.8, 4) is 22.8 Å². The molecule has 0 saturated heterocycles. The van der Waals surface area contributed by atoms with Crippen LogP contribution < -0.4 is 5.46 Å². The van der Waals surface area contributed by atoms with Crippen molar-refractivity contribution in [3.63, 3.8) is 0 Å². The van der Waals surface area contributed by atoms with Gasteiger partial charge in [-0.15, -0.1) is 22.8 Å². The number of phenols is 1. The Balaban J connectivity index is 2.20. The lowest BCUT2D eigenvalue weighted by Crippen LogP contribution is -2.04. The molecule has 0 spiro atoms. The summed E-state index contributed by atoms with van der Waals surface area (Å²) in [5.41, 5.74) is 2.70. The van der Waals surface area contributed by atoms with Gasteiger partial charge in [-0.2, -0.15) is 0 Å². The number of nitrogens with zero attached hydrogens (tertiary/aromatic N) is 3. The van der Waals surface area contributed by atoms with Gasteiger partial charge in [0.05, 0.1) is 5.56 Å². The smallest absolute Gasteiger partial charge is 0.193 e. The van der Waals surface area contributed by atoms with E-state index in [0.717, 1.165) is 5.69 Å². The zero-order valence-corrected chi connectivity index (χ0v) is 11.7. The van der Waals surface area contributed by atoms with Crippen LogP contribution in [0.3, 0.4) is 0 Å². The highest BCUT2D eigenvalue weighted by atomic mass is 32.1. The van der Waals surface area contributed by atoms with Gasteiger partial charge >= 0.3 is 0 Å². The van der Waals surface area contributed by atoms with Crippen molar-refractivity contribution in [2.24, 2.45) is 0 Å². The first-order valence-corrected chi connectivity index (χ1v) is 6.61. The number of aromatic hydroxyl groups is 1. The summed E-state index contributed by atoms with van der Waals surface area (Å²) in [6.07, 6.45) is 0. The van der Waals surface area contributed by atoms with Crippen LogP contribution >= 0.6 is 12.6 Å². The predicted molar refractivity (Wildman–Crippen MR) is 83.9 cm³/mol. The van der Waals surface area contributed by atoms with E-state index >= 15 is 0 Å². The summed E-state index contributed by atoms with van der Waals surface area (Å²) < 4.78 is 1.80. The monoisotopic (exact) mass is 281 g/mol. The second-order valence-corrected chi connectivity index (χ2v) is 4.91. The number of hydrogen-bond acceptors (Lipinski definition) is 4. The maximum absolute atomic E-state index is 9.98. The van der Waals surface area contributed by atoms with E-state index in [1.807, 2.05) is 38.2 Å². The van der Waals surface area contributed by atoms with Gasteiger partial charge in [0.25, 0.3) is 0 Å². The Morgan fingerprint density at radius 1 is 1.00 bits per heavy atom. The fraction of sp³-hybridized carbons (Fsp3) is 0. The molecule has 0 saturated carbocycles. The minimum atomic E-state index is 0.168. The fourth-order valence-electron chi connectivity index (χ4n) is 2.04. The van der Waals surface area contributed by atoms with Crippen molar-refractivity contribution in [1.82, 2.24) is 14.8 Å². The molecule has 98 valence electrons. The summed E-state index contributed by atoms with van der Waals surface area (Å²) in [7, 11) is 2.03. The Morgan fingerprint density at radius 2 is 1.70 bits per heavy atom. The molecule has 0 aliphatic rings. The molecule has 6 heteroatoms. The Kier molecular flexibility index (Phi) is 3.24. The lowest BCUT2D eigenvalue weighted by atomic mass is 9.96. The van der Waals surface area contributed by atoms with Gasteiger partial charge in [0.2, 0.25) is 0 Å². The van der Waals surface area contributed by atoms with Crippen LogP contribution in [0.5, 0.6) is 5.75 Å². The summed E-state index contributed by atoms with van der Waals surface area (Å²) >= 11 is 4.35. The molecule has 1 heterocycles. The molecule has 4 nitrogen and oxygen atoms in total. The van der Waals surface area contributed by atoms with E-state index < -0.39 is 0 Å². The van der Waals surface area contributed by atoms with Gasteiger partial charge in [0.15, 0.2) is 11.0 Å². The van der Waals surface area contributed by atoms with E-state index in [1.54, 1.807) is 22.8 Å². The lowest BCUT2D eigenvalue weighted by molar-refractivity contribution is 0.476. The number of thiol groups is 1. The third-order valence-electron chi connectivity index (χ3n) is 3.08. The third kappa shape index (κ3) is 2.18. The van der Waals surface area contributed by atoms with E-state index in [0.29, 0.717) is 16.5 Å². The number of rotatable bonds is 2.